The molecule has 0 bridgehead atoms. The molecule has 0 amide bonds. The zero-order valence-electron chi connectivity index (χ0n) is 10.9. The number of nitrogens with zero attached hydrogens (tertiary/aromatic N) is 2. The lowest BCUT2D eigenvalue weighted by atomic mass is 10.2. The van der Waals surface area contributed by atoms with Gasteiger partial charge in [-0.25, -0.2) is 8.42 Å². The molecule has 116 valence electrons. The van der Waals surface area contributed by atoms with Gasteiger partial charge in [-0.2, -0.15) is 17.0 Å². The van der Waals surface area contributed by atoms with Gasteiger partial charge in [-0.05, 0) is 12.8 Å². The highest BCUT2D eigenvalue weighted by Gasteiger charge is 2.42. The minimum absolute atomic E-state index is 0.168. The number of sulfone groups is 1. The Morgan fingerprint density at radius 3 is 2.35 bits per heavy atom. The van der Waals surface area contributed by atoms with E-state index in [1.165, 1.54) is 4.31 Å². The molecule has 0 aromatic carbocycles. The van der Waals surface area contributed by atoms with E-state index in [4.69, 9.17) is 5.11 Å². The molecule has 0 spiro atoms. The molecule has 2 rings (SSSR count). The van der Waals surface area contributed by atoms with Crippen molar-refractivity contribution in [1.82, 2.24) is 8.61 Å². The van der Waals surface area contributed by atoms with Crippen LogP contribution in [0, 0.1) is 0 Å². The molecule has 2 heterocycles. The Labute approximate surface area is 118 Å². The predicted octanol–water partition coefficient (Wildman–Crippen LogP) is -1.10. The van der Waals surface area contributed by atoms with Gasteiger partial charge in [0.1, 0.15) is 0 Å². The van der Waals surface area contributed by atoms with Gasteiger partial charge in [0.15, 0.2) is 9.84 Å². The van der Waals surface area contributed by atoms with Crippen LogP contribution < -0.4 is 0 Å². The number of carboxylic acid groups (broad SMARTS) is 1. The molecule has 20 heavy (non-hydrogen) atoms. The van der Waals surface area contributed by atoms with Gasteiger partial charge < -0.3 is 5.11 Å². The third kappa shape index (κ3) is 3.30. The maximum atomic E-state index is 12.5. The minimum Gasteiger partial charge on any atom is -0.481 e. The second-order valence-corrected chi connectivity index (χ2v) is 9.20. The van der Waals surface area contributed by atoms with Crippen LogP contribution in [0.15, 0.2) is 0 Å². The summed E-state index contributed by atoms with van der Waals surface area (Å²) in [7, 11) is -7.15. The first kappa shape index (κ1) is 15.7. The molecular formula is C10H18N2O6S2. The molecule has 2 saturated heterocycles. The van der Waals surface area contributed by atoms with Gasteiger partial charge in [0, 0.05) is 19.6 Å². The van der Waals surface area contributed by atoms with Gasteiger partial charge in [0.25, 0.3) is 10.2 Å². The van der Waals surface area contributed by atoms with Crippen molar-refractivity contribution >= 4 is 26.0 Å². The van der Waals surface area contributed by atoms with Gasteiger partial charge in [0.2, 0.25) is 0 Å². The van der Waals surface area contributed by atoms with Crippen LogP contribution in [0.2, 0.25) is 0 Å². The second-order valence-electron chi connectivity index (χ2n) is 5.09. The summed E-state index contributed by atoms with van der Waals surface area (Å²) < 4.78 is 50.5. The third-order valence-electron chi connectivity index (χ3n) is 3.57. The van der Waals surface area contributed by atoms with Crippen LogP contribution in [0.1, 0.15) is 19.3 Å². The van der Waals surface area contributed by atoms with Gasteiger partial charge in [-0.15, -0.1) is 0 Å². The fraction of sp³-hybridized carbons (Fsp3) is 0.900. The molecule has 10 heteroatoms. The first-order valence-corrected chi connectivity index (χ1v) is 9.63. The SMILES string of the molecule is O=C(O)CC1CS(=O)(=O)CCN1S(=O)(=O)N1CCCC1. The monoisotopic (exact) mass is 326 g/mol. The summed E-state index contributed by atoms with van der Waals surface area (Å²) >= 11 is 0. The molecule has 0 aromatic rings. The lowest BCUT2D eigenvalue weighted by Crippen LogP contribution is -2.55. The van der Waals surface area contributed by atoms with E-state index in [-0.39, 0.29) is 12.3 Å². The molecule has 2 aliphatic heterocycles. The zero-order valence-corrected chi connectivity index (χ0v) is 12.6. The van der Waals surface area contributed by atoms with Gasteiger partial charge >= 0.3 is 5.97 Å². The van der Waals surface area contributed by atoms with E-state index < -0.39 is 44.2 Å². The topological polar surface area (TPSA) is 112 Å². The van der Waals surface area contributed by atoms with Gasteiger partial charge in [-0.3, -0.25) is 4.79 Å². The lowest BCUT2D eigenvalue weighted by molar-refractivity contribution is -0.137. The van der Waals surface area contributed by atoms with Gasteiger partial charge in [0.05, 0.1) is 24.0 Å². The van der Waals surface area contributed by atoms with Crippen molar-refractivity contribution in [3.63, 3.8) is 0 Å². The molecule has 2 aliphatic rings. The molecular weight excluding hydrogens is 308 g/mol. The lowest BCUT2D eigenvalue weighted by Gasteiger charge is -2.35. The van der Waals surface area contributed by atoms with Crippen molar-refractivity contribution in [3.8, 4) is 0 Å². The quantitative estimate of drug-likeness (QED) is 0.702. The van der Waals surface area contributed by atoms with Crippen LogP contribution in [0.25, 0.3) is 0 Å². The molecule has 0 radical (unpaired) electrons. The molecule has 1 atom stereocenters. The van der Waals surface area contributed by atoms with E-state index in [1.807, 2.05) is 0 Å². The Hall–Kier alpha value is -0.710. The first-order valence-electron chi connectivity index (χ1n) is 6.41. The smallest absolute Gasteiger partial charge is 0.305 e. The third-order valence-corrected chi connectivity index (χ3v) is 7.36. The summed E-state index contributed by atoms with van der Waals surface area (Å²) in [5.41, 5.74) is 0. The number of hydrogen-bond donors (Lipinski definition) is 1. The standard InChI is InChI=1S/C10H18N2O6S2/c13-10(14)7-9-8-19(15,16)6-5-12(9)20(17,18)11-3-1-2-4-11/h9H,1-8H2,(H,13,14). The van der Waals surface area contributed by atoms with Crippen molar-refractivity contribution in [3.05, 3.63) is 0 Å². The van der Waals surface area contributed by atoms with Crippen LogP contribution in [0.3, 0.4) is 0 Å². The fourth-order valence-corrected chi connectivity index (χ4v) is 6.20. The van der Waals surface area contributed by atoms with Crippen molar-refractivity contribution < 1.29 is 26.7 Å². The van der Waals surface area contributed by atoms with Crippen LogP contribution in [-0.2, 0) is 24.8 Å². The number of carbonyl (C=O) groups is 1. The van der Waals surface area contributed by atoms with E-state index in [2.05, 4.69) is 0 Å². The highest BCUT2D eigenvalue weighted by atomic mass is 32.2. The summed E-state index contributed by atoms with van der Waals surface area (Å²) in [6, 6.07) is -1.02. The Kier molecular flexibility index (Phi) is 4.38. The maximum absolute atomic E-state index is 12.5. The van der Waals surface area contributed by atoms with E-state index in [1.54, 1.807) is 0 Å². The van der Waals surface area contributed by atoms with Crippen LogP contribution in [-0.4, -0.2) is 73.7 Å². The van der Waals surface area contributed by atoms with E-state index in [9.17, 15) is 21.6 Å². The number of rotatable bonds is 4. The largest absolute Gasteiger partial charge is 0.481 e. The van der Waals surface area contributed by atoms with Crippen LogP contribution in [0.4, 0.5) is 0 Å². The average Bonchev–Trinajstić information content (AvgIpc) is 2.79. The summed E-state index contributed by atoms with van der Waals surface area (Å²) in [5.74, 6) is -1.88. The number of carboxylic acids is 1. The first-order chi connectivity index (χ1) is 9.22. The van der Waals surface area contributed by atoms with Gasteiger partial charge in [-0.1, -0.05) is 0 Å². The van der Waals surface area contributed by atoms with Crippen molar-refractivity contribution in [2.45, 2.75) is 25.3 Å². The number of hydrogen-bond acceptors (Lipinski definition) is 5. The summed E-state index contributed by atoms with van der Waals surface area (Å²) in [5, 5.41) is 8.85. The zero-order chi connectivity index (χ0) is 15.0. The summed E-state index contributed by atoms with van der Waals surface area (Å²) in [4.78, 5) is 10.8. The molecule has 8 nitrogen and oxygen atoms in total. The molecule has 2 fully saturated rings. The van der Waals surface area contributed by atoms with Crippen molar-refractivity contribution in [1.29, 1.82) is 0 Å². The molecule has 1 unspecified atom stereocenters. The minimum atomic E-state index is -3.77. The molecule has 1 N–H and O–H groups in total. The second kappa shape index (κ2) is 5.58. The highest BCUT2D eigenvalue weighted by molar-refractivity contribution is 7.91. The predicted molar refractivity (Wildman–Crippen MR) is 71.1 cm³/mol. The van der Waals surface area contributed by atoms with Crippen molar-refractivity contribution in [2.24, 2.45) is 0 Å². The van der Waals surface area contributed by atoms with Crippen LogP contribution >= 0.6 is 0 Å². The molecule has 0 saturated carbocycles. The Balaban J connectivity index is 2.25. The van der Waals surface area contributed by atoms with E-state index in [0.29, 0.717) is 13.1 Å². The molecule has 0 aliphatic carbocycles. The Morgan fingerprint density at radius 2 is 1.80 bits per heavy atom. The average molecular weight is 326 g/mol. The van der Waals surface area contributed by atoms with Crippen molar-refractivity contribution in [2.75, 3.05) is 31.1 Å². The maximum Gasteiger partial charge on any atom is 0.305 e. The number of aliphatic carboxylic acids is 1. The van der Waals surface area contributed by atoms with Crippen LogP contribution in [0.5, 0.6) is 0 Å². The highest BCUT2D eigenvalue weighted by Crippen LogP contribution is 2.23. The normalized spacial score (nSPS) is 28.5. The van der Waals surface area contributed by atoms with E-state index >= 15 is 0 Å². The summed E-state index contributed by atoms with van der Waals surface area (Å²) in [6.07, 6.45) is 1.05. The van der Waals surface area contributed by atoms with E-state index in [0.717, 1.165) is 17.1 Å². The molecule has 0 aromatic heterocycles. The fourth-order valence-electron chi connectivity index (χ4n) is 2.60. The Morgan fingerprint density at radius 1 is 1.20 bits per heavy atom. The Bertz CT molecular complexity index is 579. The summed E-state index contributed by atoms with van der Waals surface area (Å²) in [6.45, 7) is 0.649.